The maximum absolute atomic E-state index is 13.8. The Labute approximate surface area is 220 Å². The van der Waals surface area contributed by atoms with Crippen LogP contribution in [0.25, 0.3) is 0 Å². The molecule has 2 aromatic carbocycles. The van der Waals surface area contributed by atoms with E-state index in [1.807, 2.05) is 57.2 Å². The quantitative estimate of drug-likeness (QED) is 0.552. The summed E-state index contributed by atoms with van der Waals surface area (Å²) in [7, 11) is 0. The summed E-state index contributed by atoms with van der Waals surface area (Å²) in [5.41, 5.74) is 3.64. The maximum Gasteiger partial charge on any atom is 0.254 e. The molecule has 6 heteroatoms. The Balaban J connectivity index is 1.40. The minimum atomic E-state index is 0.0133. The van der Waals surface area contributed by atoms with Crippen molar-refractivity contribution < 1.29 is 14.4 Å². The van der Waals surface area contributed by atoms with Gasteiger partial charge in [-0.25, -0.2) is 0 Å². The van der Waals surface area contributed by atoms with E-state index in [0.29, 0.717) is 31.6 Å². The van der Waals surface area contributed by atoms with Crippen molar-refractivity contribution >= 4 is 23.4 Å². The highest BCUT2D eigenvalue weighted by Crippen LogP contribution is 2.34. The Hall–Kier alpha value is -3.15. The largest absolute Gasteiger partial charge is 0.338 e. The van der Waals surface area contributed by atoms with E-state index in [1.165, 1.54) is 0 Å². The molecule has 2 fully saturated rings. The van der Waals surface area contributed by atoms with E-state index < -0.39 is 0 Å². The molecular weight excluding hydrogens is 462 g/mol. The highest BCUT2D eigenvalue weighted by Gasteiger charge is 2.34. The lowest BCUT2D eigenvalue weighted by Crippen LogP contribution is -2.36. The van der Waals surface area contributed by atoms with E-state index in [2.05, 4.69) is 6.07 Å². The molecular formula is C31H39N3O3. The minimum Gasteiger partial charge on any atom is -0.338 e. The van der Waals surface area contributed by atoms with E-state index in [4.69, 9.17) is 0 Å². The summed E-state index contributed by atoms with van der Waals surface area (Å²) < 4.78 is 0. The second-order valence-corrected chi connectivity index (χ2v) is 10.9. The average Bonchev–Trinajstić information content (AvgIpc) is 3.69. The van der Waals surface area contributed by atoms with Crippen molar-refractivity contribution in [3.63, 3.8) is 0 Å². The van der Waals surface area contributed by atoms with Gasteiger partial charge in [0.15, 0.2) is 0 Å². The van der Waals surface area contributed by atoms with Crippen molar-refractivity contribution in [1.29, 1.82) is 0 Å². The zero-order valence-electron chi connectivity index (χ0n) is 21.9. The first kappa shape index (κ1) is 25.5. The molecule has 0 radical (unpaired) electrons. The van der Waals surface area contributed by atoms with Gasteiger partial charge in [-0.2, -0.15) is 0 Å². The number of fused-ring (bicyclic) bond motifs is 1. The van der Waals surface area contributed by atoms with Gasteiger partial charge < -0.3 is 14.7 Å². The summed E-state index contributed by atoms with van der Waals surface area (Å²) in [4.78, 5) is 45.1. The first-order valence-corrected chi connectivity index (χ1v) is 14.2. The second-order valence-electron chi connectivity index (χ2n) is 10.9. The van der Waals surface area contributed by atoms with E-state index in [1.54, 1.807) is 0 Å². The van der Waals surface area contributed by atoms with Gasteiger partial charge in [0.05, 0.1) is 0 Å². The fourth-order valence-corrected chi connectivity index (χ4v) is 5.62. The molecule has 1 saturated heterocycles. The third kappa shape index (κ3) is 6.41. The molecule has 3 amide bonds. The SMILES string of the molecule is O=C1CCCN1Cc1cccc(C(=O)N2CCCCCCCCN(C(=O)C3CC3)c3ccccc3C2)c1. The zero-order valence-corrected chi connectivity index (χ0v) is 21.9. The molecule has 0 bridgehead atoms. The van der Waals surface area contributed by atoms with E-state index in [-0.39, 0.29) is 23.6 Å². The fraction of sp³-hybridized carbons (Fsp3) is 0.516. The number of carbonyl (C=O) groups is 3. The molecule has 0 spiro atoms. The summed E-state index contributed by atoms with van der Waals surface area (Å²) >= 11 is 0. The van der Waals surface area contributed by atoms with Gasteiger partial charge in [-0.1, -0.05) is 56.0 Å². The van der Waals surface area contributed by atoms with E-state index >= 15 is 0 Å². The van der Waals surface area contributed by atoms with Crippen molar-refractivity contribution in [2.75, 3.05) is 24.5 Å². The van der Waals surface area contributed by atoms with Crippen molar-refractivity contribution in [2.45, 2.75) is 77.3 Å². The maximum atomic E-state index is 13.8. The lowest BCUT2D eigenvalue weighted by atomic mass is 10.1. The number of anilines is 1. The van der Waals surface area contributed by atoms with Gasteiger partial charge in [0.2, 0.25) is 11.8 Å². The Bertz CT molecular complexity index is 1130. The highest BCUT2D eigenvalue weighted by atomic mass is 16.2. The van der Waals surface area contributed by atoms with Crippen LogP contribution in [0, 0.1) is 5.92 Å². The van der Waals surface area contributed by atoms with Crippen LogP contribution in [0.2, 0.25) is 0 Å². The number of likely N-dealkylation sites (tertiary alicyclic amines) is 1. The van der Waals surface area contributed by atoms with Gasteiger partial charge in [-0.05, 0) is 61.4 Å². The van der Waals surface area contributed by atoms with Gasteiger partial charge >= 0.3 is 0 Å². The Kier molecular flexibility index (Phi) is 8.22. The summed E-state index contributed by atoms with van der Waals surface area (Å²) in [6.07, 6.45) is 10.0. The van der Waals surface area contributed by atoms with Crippen molar-refractivity contribution in [3.8, 4) is 0 Å². The van der Waals surface area contributed by atoms with Crippen molar-refractivity contribution in [3.05, 3.63) is 65.2 Å². The molecule has 196 valence electrons. The standard InChI is InChI=1S/C31H39N3O3/c35-29-15-10-19-32(29)22-24-11-9-13-26(21-24)30(36)33-18-7-3-1-2-4-8-20-34(31(37)25-16-17-25)28-14-6-5-12-27(28)23-33/h5-6,9,11-14,21,25H,1-4,7-8,10,15-20,22-23H2. The first-order valence-electron chi connectivity index (χ1n) is 14.2. The number of nitrogens with zero attached hydrogens (tertiary/aromatic N) is 3. The summed E-state index contributed by atoms with van der Waals surface area (Å²) in [5.74, 6) is 0.605. The Morgan fingerprint density at radius 1 is 0.811 bits per heavy atom. The summed E-state index contributed by atoms with van der Waals surface area (Å²) in [6.45, 7) is 3.27. The number of hydrogen-bond donors (Lipinski definition) is 0. The third-order valence-corrected chi connectivity index (χ3v) is 7.90. The van der Waals surface area contributed by atoms with E-state index in [0.717, 1.165) is 87.7 Å². The minimum absolute atomic E-state index is 0.0133. The normalized spacial score (nSPS) is 19.6. The van der Waals surface area contributed by atoms with Gasteiger partial charge in [0, 0.05) is 56.3 Å². The lowest BCUT2D eigenvalue weighted by Gasteiger charge is -2.29. The second kappa shape index (κ2) is 11.9. The van der Waals surface area contributed by atoms with Crippen LogP contribution >= 0.6 is 0 Å². The third-order valence-electron chi connectivity index (χ3n) is 7.90. The predicted octanol–water partition coefficient (Wildman–Crippen LogP) is 5.55. The Morgan fingerprint density at radius 2 is 1.57 bits per heavy atom. The number of para-hydroxylation sites is 1. The number of amides is 3. The smallest absolute Gasteiger partial charge is 0.254 e. The van der Waals surface area contributed by atoms with Crippen LogP contribution in [0.4, 0.5) is 5.69 Å². The molecule has 1 saturated carbocycles. The Morgan fingerprint density at radius 3 is 2.32 bits per heavy atom. The molecule has 37 heavy (non-hydrogen) atoms. The van der Waals surface area contributed by atoms with E-state index in [9.17, 15) is 14.4 Å². The van der Waals surface area contributed by atoms with Crippen LogP contribution in [-0.4, -0.2) is 47.2 Å². The van der Waals surface area contributed by atoms with Crippen LogP contribution in [0.15, 0.2) is 48.5 Å². The zero-order chi connectivity index (χ0) is 25.6. The molecule has 2 aromatic rings. The topological polar surface area (TPSA) is 60.9 Å². The number of benzene rings is 2. The molecule has 2 heterocycles. The van der Waals surface area contributed by atoms with Crippen molar-refractivity contribution in [2.24, 2.45) is 5.92 Å². The molecule has 0 N–H and O–H groups in total. The molecule has 3 aliphatic rings. The first-order chi connectivity index (χ1) is 18.1. The van der Waals surface area contributed by atoms with Crippen LogP contribution in [0.5, 0.6) is 0 Å². The number of hydrogen-bond acceptors (Lipinski definition) is 3. The molecule has 0 aromatic heterocycles. The van der Waals surface area contributed by atoms with Crippen LogP contribution in [0.1, 0.15) is 85.7 Å². The van der Waals surface area contributed by atoms with Crippen LogP contribution in [-0.2, 0) is 22.7 Å². The van der Waals surface area contributed by atoms with Gasteiger partial charge in [0.25, 0.3) is 5.91 Å². The lowest BCUT2D eigenvalue weighted by molar-refractivity contribution is -0.128. The molecule has 0 unspecified atom stereocenters. The molecule has 1 aliphatic carbocycles. The van der Waals surface area contributed by atoms with Crippen LogP contribution in [0.3, 0.4) is 0 Å². The molecule has 2 aliphatic heterocycles. The van der Waals surface area contributed by atoms with Gasteiger partial charge in [-0.3, -0.25) is 14.4 Å². The monoisotopic (exact) mass is 501 g/mol. The van der Waals surface area contributed by atoms with Gasteiger partial charge in [0.1, 0.15) is 0 Å². The van der Waals surface area contributed by atoms with Crippen LogP contribution < -0.4 is 4.90 Å². The summed E-state index contributed by atoms with van der Waals surface area (Å²) in [6, 6.07) is 15.9. The average molecular weight is 502 g/mol. The molecule has 6 nitrogen and oxygen atoms in total. The van der Waals surface area contributed by atoms with Gasteiger partial charge in [-0.15, -0.1) is 0 Å². The number of carbonyl (C=O) groups excluding carboxylic acids is 3. The molecule has 0 atom stereocenters. The highest BCUT2D eigenvalue weighted by molar-refractivity contribution is 5.97. The molecule has 5 rings (SSSR count). The number of rotatable bonds is 4. The predicted molar refractivity (Wildman–Crippen MR) is 145 cm³/mol. The van der Waals surface area contributed by atoms with Crippen molar-refractivity contribution in [1.82, 2.24) is 9.80 Å². The fourth-order valence-electron chi connectivity index (χ4n) is 5.62. The summed E-state index contributed by atoms with van der Waals surface area (Å²) in [5, 5.41) is 0.